The molecule has 0 radical (unpaired) electrons. The quantitative estimate of drug-likeness (QED) is 0.810. The van der Waals surface area contributed by atoms with Crippen molar-refractivity contribution < 1.29 is 0 Å². The number of rotatable bonds is 6. The van der Waals surface area contributed by atoms with Crippen molar-refractivity contribution in [1.29, 1.82) is 0 Å². The Kier molecular flexibility index (Phi) is 3.93. The van der Waals surface area contributed by atoms with Crippen molar-refractivity contribution in [1.82, 2.24) is 19.6 Å². The van der Waals surface area contributed by atoms with Gasteiger partial charge in [0.2, 0.25) is 0 Å². The number of thiazole rings is 1. The van der Waals surface area contributed by atoms with Crippen molar-refractivity contribution in [2.45, 2.75) is 25.8 Å². The van der Waals surface area contributed by atoms with Crippen molar-refractivity contribution in [2.24, 2.45) is 0 Å². The Morgan fingerprint density at radius 3 is 3.06 bits per heavy atom. The largest absolute Gasteiger partial charge is 0.311 e. The predicted octanol–water partition coefficient (Wildman–Crippen LogP) is 1.97. The molecule has 1 N–H and O–H groups in total. The zero-order valence-electron chi connectivity index (χ0n) is 10.6. The van der Waals surface area contributed by atoms with Gasteiger partial charge in [0.05, 0.1) is 5.69 Å². The van der Waals surface area contributed by atoms with Gasteiger partial charge in [0.1, 0.15) is 0 Å². The molecule has 1 aliphatic heterocycles. The molecule has 2 aromatic rings. The Hall–Kier alpha value is -0.910. The van der Waals surface area contributed by atoms with Gasteiger partial charge in [-0.1, -0.05) is 0 Å². The Morgan fingerprint density at radius 2 is 2.22 bits per heavy atom. The van der Waals surface area contributed by atoms with E-state index >= 15 is 0 Å². The summed E-state index contributed by atoms with van der Waals surface area (Å²) in [4.78, 5) is 8.21. The van der Waals surface area contributed by atoms with Crippen molar-refractivity contribution in [2.75, 3.05) is 26.2 Å². The molecule has 0 bridgehead atoms. The van der Waals surface area contributed by atoms with Gasteiger partial charge in [-0.2, -0.15) is 0 Å². The third kappa shape index (κ3) is 2.91. The van der Waals surface area contributed by atoms with Crippen molar-refractivity contribution in [3.63, 3.8) is 0 Å². The summed E-state index contributed by atoms with van der Waals surface area (Å²) >= 11 is 1.69. The summed E-state index contributed by atoms with van der Waals surface area (Å²) in [6.45, 7) is 5.82. The van der Waals surface area contributed by atoms with Gasteiger partial charge in [0.15, 0.2) is 4.96 Å². The summed E-state index contributed by atoms with van der Waals surface area (Å²) in [5.41, 5.74) is 1.14. The van der Waals surface area contributed by atoms with Gasteiger partial charge in [-0.15, -0.1) is 11.3 Å². The second-order valence-corrected chi connectivity index (χ2v) is 5.78. The molecular formula is C13H20N4S. The van der Waals surface area contributed by atoms with Crippen LogP contribution in [0.4, 0.5) is 0 Å². The molecule has 0 unspecified atom stereocenters. The van der Waals surface area contributed by atoms with E-state index in [4.69, 9.17) is 0 Å². The van der Waals surface area contributed by atoms with Crippen LogP contribution in [0.25, 0.3) is 4.96 Å². The van der Waals surface area contributed by atoms with Crippen LogP contribution in [-0.2, 0) is 6.54 Å². The van der Waals surface area contributed by atoms with Crippen LogP contribution in [0.3, 0.4) is 0 Å². The molecule has 0 aliphatic carbocycles. The van der Waals surface area contributed by atoms with Crippen LogP contribution in [0.1, 0.15) is 25.0 Å². The van der Waals surface area contributed by atoms with E-state index in [1.165, 1.54) is 38.9 Å². The summed E-state index contributed by atoms with van der Waals surface area (Å²) < 4.78 is 2.09. The van der Waals surface area contributed by atoms with Gasteiger partial charge in [0.25, 0.3) is 0 Å². The molecule has 5 heteroatoms. The SMILES string of the molecule is c1cn2cc(CNCCCN3CCCC3)nc2s1. The molecular weight excluding hydrogens is 244 g/mol. The molecule has 1 saturated heterocycles. The Bertz CT molecular complexity index is 455. The molecule has 2 aromatic heterocycles. The minimum absolute atomic E-state index is 0.883. The molecule has 3 rings (SSSR count). The lowest BCUT2D eigenvalue weighted by molar-refractivity contribution is 0.331. The van der Waals surface area contributed by atoms with Crippen LogP contribution in [0.2, 0.25) is 0 Å². The van der Waals surface area contributed by atoms with Crippen LogP contribution in [-0.4, -0.2) is 40.5 Å². The molecule has 0 saturated carbocycles. The maximum atomic E-state index is 4.56. The lowest BCUT2D eigenvalue weighted by Crippen LogP contribution is -2.24. The lowest BCUT2D eigenvalue weighted by Gasteiger charge is -2.13. The van der Waals surface area contributed by atoms with E-state index in [-0.39, 0.29) is 0 Å². The fraction of sp³-hybridized carbons (Fsp3) is 0.615. The fourth-order valence-electron chi connectivity index (χ4n) is 2.51. The van der Waals surface area contributed by atoms with Crippen molar-refractivity contribution in [3.8, 4) is 0 Å². The number of imidazole rings is 1. The monoisotopic (exact) mass is 264 g/mol. The van der Waals surface area contributed by atoms with E-state index in [0.29, 0.717) is 0 Å². The van der Waals surface area contributed by atoms with E-state index in [9.17, 15) is 0 Å². The maximum Gasteiger partial charge on any atom is 0.193 e. The Labute approximate surface area is 112 Å². The number of aromatic nitrogens is 2. The first-order chi connectivity index (χ1) is 8.92. The number of hydrogen-bond acceptors (Lipinski definition) is 4. The van der Waals surface area contributed by atoms with E-state index < -0.39 is 0 Å². The predicted molar refractivity (Wildman–Crippen MR) is 75.1 cm³/mol. The molecule has 0 spiro atoms. The van der Waals surface area contributed by atoms with Gasteiger partial charge < -0.3 is 10.2 Å². The van der Waals surface area contributed by atoms with Gasteiger partial charge in [-0.3, -0.25) is 4.40 Å². The third-order valence-electron chi connectivity index (χ3n) is 3.48. The van der Waals surface area contributed by atoms with Crippen LogP contribution in [0, 0.1) is 0 Å². The minimum Gasteiger partial charge on any atom is -0.311 e. The molecule has 18 heavy (non-hydrogen) atoms. The zero-order chi connectivity index (χ0) is 12.2. The van der Waals surface area contributed by atoms with Gasteiger partial charge in [-0.25, -0.2) is 4.98 Å². The number of nitrogens with zero attached hydrogens (tertiary/aromatic N) is 3. The van der Waals surface area contributed by atoms with Gasteiger partial charge in [0, 0.05) is 24.3 Å². The highest BCUT2D eigenvalue weighted by atomic mass is 32.1. The molecule has 1 aliphatic rings. The molecule has 0 atom stereocenters. The van der Waals surface area contributed by atoms with Gasteiger partial charge in [-0.05, 0) is 45.4 Å². The summed E-state index contributed by atoms with van der Waals surface area (Å²) in [6, 6.07) is 0. The average Bonchev–Trinajstić information content (AvgIpc) is 3.03. The summed E-state index contributed by atoms with van der Waals surface area (Å²) in [5.74, 6) is 0. The molecule has 4 nitrogen and oxygen atoms in total. The first-order valence-electron chi connectivity index (χ1n) is 6.76. The first kappa shape index (κ1) is 12.1. The molecule has 0 aromatic carbocycles. The third-order valence-corrected chi connectivity index (χ3v) is 4.25. The molecule has 0 amide bonds. The first-order valence-corrected chi connectivity index (χ1v) is 7.64. The van der Waals surface area contributed by atoms with Gasteiger partial charge >= 0.3 is 0 Å². The highest BCUT2D eigenvalue weighted by Crippen LogP contribution is 2.11. The standard InChI is InChI=1S/C13H20N4S/c1-2-6-16(5-1)7-3-4-14-10-12-11-17-8-9-18-13(17)15-12/h8-9,11,14H,1-7,10H2. The summed E-state index contributed by atoms with van der Waals surface area (Å²) in [6.07, 6.45) is 8.18. The van der Waals surface area contributed by atoms with E-state index in [1.807, 2.05) is 0 Å². The number of likely N-dealkylation sites (tertiary alicyclic amines) is 1. The van der Waals surface area contributed by atoms with Crippen LogP contribution in [0.5, 0.6) is 0 Å². The van der Waals surface area contributed by atoms with E-state index in [0.717, 1.165) is 23.7 Å². The average molecular weight is 264 g/mol. The number of fused-ring (bicyclic) bond motifs is 1. The number of hydrogen-bond donors (Lipinski definition) is 1. The normalized spacial score (nSPS) is 16.9. The minimum atomic E-state index is 0.883. The van der Waals surface area contributed by atoms with Crippen LogP contribution >= 0.6 is 11.3 Å². The molecule has 3 heterocycles. The van der Waals surface area contributed by atoms with Crippen molar-refractivity contribution >= 4 is 16.3 Å². The Balaban J connectivity index is 1.35. The smallest absolute Gasteiger partial charge is 0.193 e. The fourth-order valence-corrected chi connectivity index (χ4v) is 3.23. The number of nitrogens with one attached hydrogen (secondary N) is 1. The van der Waals surface area contributed by atoms with E-state index in [2.05, 4.69) is 37.4 Å². The lowest BCUT2D eigenvalue weighted by atomic mass is 10.3. The van der Waals surface area contributed by atoms with E-state index in [1.54, 1.807) is 11.3 Å². The maximum absolute atomic E-state index is 4.56. The van der Waals surface area contributed by atoms with Crippen LogP contribution < -0.4 is 5.32 Å². The second-order valence-electron chi connectivity index (χ2n) is 4.90. The molecule has 1 fully saturated rings. The topological polar surface area (TPSA) is 32.6 Å². The second kappa shape index (κ2) is 5.82. The summed E-state index contributed by atoms with van der Waals surface area (Å²) in [7, 11) is 0. The summed E-state index contributed by atoms with van der Waals surface area (Å²) in [5, 5.41) is 5.54. The highest BCUT2D eigenvalue weighted by molar-refractivity contribution is 7.15. The highest BCUT2D eigenvalue weighted by Gasteiger charge is 2.10. The van der Waals surface area contributed by atoms with Crippen molar-refractivity contribution in [3.05, 3.63) is 23.5 Å². The van der Waals surface area contributed by atoms with Crippen LogP contribution in [0.15, 0.2) is 17.8 Å². The Morgan fingerprint density at radius 1 is 1.33 bits per heavy atom. The molecule has 98 valence electrons. The zero-order valence-corrected chi connectivity index (χ0v) is 11.5.